The van der Waals surface area contributed by atoms with Crippen LogP contribution in [0.5, 0.6) is 11.5 Å². The molecular formula is C23H32ClN2O6P. The summed E-state index contributed by atoms with van der Waals surface area (Å²) in [6, 6.07) is 12.0. The fraction of sp³-hybridized carbons (Fsp3) is 0.435. The Morgan fingerprint density at radius 1 is 0.970 bits per heavy atom. The number of carbonyl (C=O) groups excluding carboxylic acids is 1. The van der Waals surface area contributed by atoms with Gasteiger partial charge in [0.1, 0.15) is 17.5 Å². The number of hydrogen-bond acceptors (Lipinski definition) is 7. The Bertz CT molecular complexity index is 895. The molecule has 2 aromatic carbocycles. The normalized spacial score (nSPS) is 13.6. The van der Waals surface area contributed by atoms with Crippen LogP contribution in [-0.4, -0.2) is 25.7 Å². The Morgan fingerprint density at radius 2 is 1.55 bits per heavy atom. The first-order valence-corrected chi connectivity index (χ1v) is 12.9. The van der Waals surface area contributed by atoms with Gasteiger partial charge in [0.25, 0.3) is 0 Å². The molecule has 2 aromatic rings. The number of carbonyl (C=O) groups is 1. The molecule has 8 nitrogen and oxygen atoms in total. The van der Waals surface area contributed by atoms with Crippen LogP contribution in [-0.2, 0) is 18.9 Å². The third-order valence-corrected chi connectivity index (χ3v) is 6.39. The fourth-order valence-corrected chi connectivity index (χ4v) is 4.49. The summed E-state index contributed by atoms with van der Waals surface area (Å²) >= 11 is 5.92. The summed E-state index contributed by atoms with van der Waals surface area (Å²) in [5.41, 5.74) is 3.36. The van der Waals surface area contributed by atoms with Crippen LogP contribution in [0.2, 0.25) is 5.02 Å². The van der Waals surface area contributed by atoms with E-state index in [1.807, 2.05) is 0 Å². The largest absolute Gasteiger partial charge is 0.513 e. The lowest BCUT2D eigenvalue weighted by Gasteiger charge is -2.23. The Hall–Kier alpha value is -2.25. The second kappa shape index (κ2) is 14.1. The van der Waals surface area contributed by atoms with Crippen molar-refractivity contribution in [1.29, 1.82) is 0 Å². The maximum atomic E-state index is 13.6. The Labute approximate surface area is 200 Å². The van der Waals surface area contributed by atoms with Gasteiger partial charge in [-0.1, -0.05) is 44.2 Å². The molecule has 0 aliphatic heterocycles. The minimum absolute atomic E-state index is 0.268. The second-order valence-corrected chi connectivity index (χ2v) is 9.45. The Morgan fingerprint density at radius 3 is 2.12 bits per heavy atom. The highest BCUT2D eigenvalue weighted by atomic mass is 35.5. The molecule has 10 heteroatoms. The number of nitrogens with one attached hydrogen (secondary N) is 2. The molecule has 2 rings (SSSR count). The number of hydrogen-bond donors (Lipinski definition) is 2. The molecule has 33 heavy (non-hydrogen) atoms. The highest BCUT2D eigenvalue weighted by molar-refractivity contribution is 7.52. The maximum absolute atomic E-state index is 13.6. The van der Waals surface area contributed by atoms with Gasteiger partial charge in [0.15, 0.2) is 0 Å². The predicted octanol–water partition coefficient (Wildman–Crippen LogP) is 6.37. The number of esters is 1. The Kier molecular flexibility index (Phi) is 11.5. The van der Waals surface area contributed by atoms with Gasteiger partial charge in [0.05, 0.1) is 19.4 Å². The van der Waals surface area contributed by atoms with E-state index in [9.17, 15) is 9.36 Å². The van der Waals surface area contributed by atoms with E-state index in [4.69, 9.17) is 30.2 Å². The van der Waals surface area contributed by atoms with E-state index in [2.05, 4.69) is 17.5 Å². The fourth-order valence-electron chi connectivity index (χ4n) is 2.84. The van der Waals surface area contributed by atoms with Crippen LogP contribution in [0.1, 0.15) is 46.0 Å². The van der Waals surface area contributed by atoms with E-state index in [1.165, 1.54) is 7.11 Å². The summed E-state index contributed by atoms with van der Waals surface area (Å²) < 4.78 is 30.2. The molecule has 0 aromatic heterocycles. The maximum Gasteiger partial charge on any atom is 0.513 e. The highest BCUT2D eigenvalue weighted by Crippen LogP contribution is 2.45. The summed E-state index contributed by atoms with van der Waals surface area (Å²) in [5.74, 6) is 0.0102. The number of ether oxygens (including phenoxy) is 1. The lowest BCUT2D eigenvalue weighted by atomic mass is 10.2. The van der Waals surface area contributed by atoms with E-state index in [0.29, 0.717) is 17.3 Å². The van der Waals surface area contributed by atoms with Crippen LogP contribution in [0, 0.1) is 0 Å². The molecule has 0 saturated heterocycles. The SMILES string of the molecule is CCCCCCCOC(=O)[C@H](C)N[P@](=O)(Oc1ccc(Cl)cc1)Oc1ccc(NOC)cc1. The van der Waals surface area contributed by atoms with Crippen molar-refractivity contribution in [2.24, 2.45) is 0 Å². The van der Waals surface area contributed by atoms with Gasteiger partial charge >= 0.3 is 13.7 Å². The van der Waals surface area contributed by atoms with E-state index < -0.39 is 19.8 Å². The van der Waals surface area contributed by atoms with Crippen molar-refractivity contribution in [3.8, 4) is 11.5 Å². The first-order chi connectivity index (χ1) is 15.8. The topological polar surface area (TPSA) is 95.1 Å². The first-order valence-electron chi connectivity index (χ1n) is 10.9. The smallest absolute Gasteiger partial charge is 0.465 e. The quantitative estimate of drug-likeness (QED) is 0.126. The third kappa shape index (κ3) is 10.0. The molecule has 0 amide bonds. The molecule has 182 valence electrons. The zero-order valence-electron chi connectivity index (χ0n) is 19.2. The summed E-state index contributed by atoms with van der Waals surface area (Å²) in [7, 11) is -2.52. The molecule has 0 saturated carbocycles. The van der Waals surface area contributed by atoms with Crippen LogP contribution in [0.15, 0.2) is 48.5 Å². The molecule has 0 bridgehead atoms. The van der Waals surface area contributed by atoms with Crippen molar-refractivity contribution in [2.45, 2.75) is 52.0 Å². The number of anilines is 1. The van der Waals surface area contributed by atoms with Crippen molar-refractivity contribution in [3.63, 3.8) is 0 Å². The molecule has 0 aliphatic rings. The van der Waals surface area contributed by atoms with Gasteiger partial charge in [-0.25, -0.2) is 4.57 Å². The van der Waals surface area contributed by atoms with Gasteiger partial charge in [-0.15, -0.1) is 0 Å². The van der Waals surface area contributed by atoms with Crippen molar-refractivity contribution < 1.29 is 28.0 Å². The minimum Gasteiger partial charge on any atom is -0.465 e. The van der Waals surface area contributed by atoms with Crippen molar-refractivity contribution in [3.05, 3.63) is 53.6 Å². The van der Waals surface area contributed by atoms with E-state index in [0.717, 1.165) is 32.1 Å². The number of halogens is 1. The average molecular weight is 499 g/mol. The van der Waals surface area contributed by atoms with Crippen LogP contribution in [0.3, 0.4) is 0 Å². The van der Waals surface area contributed by atoms with Crippen LogP contribution < -0.4 is 19.6 Å². The molecule has 0 fully saturated rings. The molecule has 0 radical (unpaired) electrons. The number of rotatable bonds is 15. The molecule has 0 aliphatic carbocycles. The lowest BCUT2D eigenvalue weighted by molar-refractivity contribution is -0.145. The summed E-state index contributed by atoms with van der Waals surface area (Å²) in [6.07, 6.45) is 5.21. The van der Waals surface area contributed by atoms with Crippen molar-refractivity contribution >= 4 is 31.0 Å². The second-order valence-electron chi connectivity index (χ2n) is 7.40. The van der Waals surface area contributed by atoms with Gasteiger partial charge in [0, 0.05) is 5.02 Å². The summed E-state index contributed by atoms with van der Waals surface area (Å²) in [6.45, 7) is 4.00. The van der Waals surface area contributed by atoms with Crippen LogP contribution in [0.25, 0.3) is 0 Å². The molecule has 0 unspecified atom stereocenters. The standard InChI is InChI=1S/C23H32ClN2O6P/c1-4-5-6-7-8-17-30-23(27)18(2)26-33(28,31-21-13-9-19(24)10-14-21)32-22-15-11-20(12-16-22)25-29-3/h9-16,18,25H,4-8,17H2,1-3H3,(H,26,28)/t18-,33-/m0/s1. The van der Waals surface area contributed by atoms with Crippen LogP contribution in [0.4, 0.5) is 5.69 Å². The van der Waals surface area contributed by atoms with E-state index in [-0.39, 0.29) is 11.5 Å². The lowest BCUT2D eigenvalue weighted by Crippen LogP contribution is -2.36. The van der Waals surface area contributed by atoms with Gasteiger partial charge < -0.3 is 13.8 Å². The minimum atomic E-state index is -4.02. The van der Waals surface area contributed by atoms with Crippen molar-refractivity contribution in [2.75, 3.05) is 19.2 Å². The summed E-state index contributed by atoms with van der Waals surface area (Å²) in [5, 5.41) is 3.17. The highest BCUT2D eigenvalue weighted by Gasteiger charge is 2.33. The molecular weight excluding hydrogens is 467 g/mol. The van der Waals surface area contributed by atoms with E-state index in [1.54, 1.807) is 55.5 Å². The number of benzene rings is 2. The molecule has 2 N–H and O–H groups in total. The van der Waals surface area contributed by atoms with E-state index >= 15 is 0 Å². The number of unbranched alkanes of at least 4 members (excludes halogenated alkanes) is 4. The zero-order chi connectivity index (χ0) is 24.1. The van der Waals surface area contributed by atoms with Gasteiger partial charge in [-0.2, -0.15) is 5.09 Å². The molecule has 0 heterocycles. The first kappa shape index (κ1) is 27.0. The summed E-state index contributed by atoms with van der Waals surface area (Å²) in [4.78, 5) is 17.3. The van der Waals surface area contributed by atoms with Crippen LogP contribution >= 0.6 is 19.3 Å². The van der Waals surface area contributed by atoms with Crippen molar-refractivity contribution in [1.82, 2.24) is 5.09 Å². The van der Waals surface area contributed by atoms with Gasteiger partial charge in [0.2, 0.25) is 0 Å². The average Bonchev–Trinajstić information content (AvgIpc) is 2.79. The third-order valence-electron chi connectivity index (χ3n) is 4.54. The zero-order valence-corrected chi connectivity index (χ0v) is 20.9. The monoisotopic (exact) mass is 498 g/mol. The predicted molar refractivity (Wildman–Crippen MR) is 130 cm³/mol. The molecule has 2 atom stereocenters. The van der Waals surface area contributed by atoms with Gasteiger partial charge in [-0.3, -0.25) is 15.1 Å². The Balaban J connectivity index is 2.05. The van der Waals surface area contributed by atoms with Gasteiger partial charge in [-0.05, 0) is 61.9 Å². The molecule has 0 spiro atoms.